The van der Waals surface area contributed by atoms with Crippen molar-refractivity contribution in [3.05, 3.63) is 83.3 Å². The molecule has 5 rings (SSSR count). The predicted octanol–water partition coefficient (Wildman–Crippen LogP) is 5.24. The van der Waals surface area contributed by atoms with Crippen LogP contribution in [-0.4, -0.2) is 23.4 Å². The number of nitrogens with one attached hydrogen (secondary N) is 2. The summed E-state index contributed by atoms with van der Waals surface area (Å²) in [5.41, 5.74) is 4.22. The highest BCUT2D eigenvalue weighted by atomic mass is 16.5. The van der Waals surface area contributed by atoms with Crippen LogP contribution < -0.4 is 15.5 Å². The van der Waals surface area contributed by atoms with Crippen molar-refractivity contribution in [2.45, 2.75) is 39.7 Å². The van der Waals surface area contributed by atoms with Gasteiger partial charge in [0.05, 0.1) is 24.0 Å². The van der Waals surface area contributed by atoms with E-state index in [2.05, 4.69) is 29.6 Å². The number of hydrogen-bond acceptors (Lipinski definition) is 6. The first-order valence-electron chi connectivity index (χ1n) is 11.5. The summed E-state index contributed by atoms with van der Waals surface area (Å²) in [4.78, 5) is 28.8. The molecule has 0 fully saturated rings. The summed E-state index contributed by atoms with van der Waals surface area (Å²) in [7, 11) is 0. The average Bonchev–Trinajstić information content (AvgIpc) is 3.13. The molecule has 2 aromatic carbocycles. The van der Waals surface area contributed by atoms with Crippen molar-refractivity contribution >= 4 is 28.9 Å². The van der Waals surface area contributed by atoms with E-state index in [1.807, 2.05) is 59.5 Å². The van der Waals surface area contributed by atoms with Crippen molar-refractivity contribution < 1.29 is 14.1 Å². The van der Waals surface area contributed by atoms with Gasteiger partial charge in [0.15, 0.2) is 11.6 Å². The maximum Gasteiger partial charge on any atom is 0.245 e. The number of rotatable bonds is 4. The van der Waals surface area contributed by atoms with Gasteiger partial charge < -0.3 is 20.1 Å². The minimum atomic E-state index is -0.402. The zero-order chi connectivity index (χ0) is 23.9. The van der Waals surface area contributed by atoms with E-state index in [1.165, 1.54) is 0 Å². The van der Waals surface area contributed by atoms with E-state index >= 15 is 0 Å². The van der Waals surface area contributed by atoms with Crippen molar-refractivity contribution in [2.75, 3.05) is 22.1 Å². The summed E-state index contributed by atoms with van der Waals surface area (Å²) in [6.07, 6.45) is 1.22. The molecule has 1 amide bonds. The number of Topliss-reactive ketones (excluding diaryl/α,β-unsaturated/α-hetero) is 1. The van der Waals surface area contributed by atoms with Crippen LogP contribution in [0.3, 0.4) is 0 Å². The third-order valence-corrected chi connectivity index (χ3v) is 6.33. The first kappa shape index (κ1) is 21.9. The minimum absolute atomic E-state index is 0.0393. The van der Waals surface area contributed by atoms with Crippen molar-refractivity contribution in [2.24, 2.45) is 5.41 Å². The van der Waals surface area contributed by atoms with Crippen LogP contribution in [0.25, 0.3) is 0 Å². The number of benzene rings is 2. The number of aromatic nitrogens is 1. The standard InChI is InChI=1S/C27H28N4O3/c1-17-13-23(30-34-17)29-24(33)16-31-21-12-8-7-11-19(21)28-20-14-27(2,3)15-22(32)25(20)26(31)18-9-5-4-6-10-18/h4-13,26,28H,14-16H2,1-3H3,(H,29,30,33)/t26-/m1/s1. The molecule has 2 heterocycles. The van der Waals surface area contributed by atoms with Gasteiger partial charge in [0.25, 0.3) is 0 Å². The summed E-state index contributed by atoms with van der Waals surface area (Å²) in [5.74, 6) is 0.858. The fourth-order valence-electron chi connectivity index (χ4n) is 4.97. The summed E-state index contributed by atoms with van der Waals surface area (Å²) >= 11 is 0. The minimum Gasteiger partial charge on any atom is -0.360 e. The highest BCUT2D eigenvalue weighted by molar-refractivity contribution is 6.02. The molecule has 0 bridgehead atoms. The lowest BCUT2D eigenvalue weighted by Gasteiger charge is -2.37. The molecule has 1 aliphatic carbocycles. The van der Waals surface area contributed by atoms with E-state index in [-0.39, 0.29) is 23.7 Å². The number of carbonyl (C=O) groups excluding carboxylic acids is 2. The molecule has 1 aromatic heterocycles. The lowest BCUT2D eigenvalue weighted by atomic mass is 9.73. The molecule has 2 N–H and O–H groups in total. The van der Waals surface area contributed by atoms with Gasteiger partial charge in [-0.15, -0.1) is 0 Å². The van der Waals surface area contributed by atoms with Crippen LogP contribution in [0, 0.1) is 12.3 Å². The first-order valence-corrected chi connectivity index (χ1v) is 11.5. The van der Waals surface area contributed by atoms with Gasteiger partial charge in [0.1, 0.15) is 5.76 Å². The van der Waals surface area contributed by atoms with Crippen molar-refractivity contribution in [3.63, 3.8) is 0 Å². The largest absolute Gasteiger partial charge is 0.360 e. The van der Waals surface area contributed by atoms with Gasteiger partial charge in [-0.05, 0) is 36.5 Å². The Hall–Kier alpha value is -3.87. The number of ketones is 1. The number of hydrogen-bond donors (Lipinski definition) is 2. The van der Waals surface area contributed by atoms with Gasteiger partial charge in [-0.1, -0.05) is 61.5 Å². The maximum absolute atomic E-state index is 13.6. The summed E-state index contributed by atoms with van der Waals surface area (Å²) in [6, 6.07) is 19.1. The zero-order valence-corrected chi connectivity index (χ0v) is 19.6. The quantitative estimate of drug-likeness (QED) is 0.558. The molecule has 1 aliphatic heterocycles. The molecular formula is C27H28N4O3. The Morgan fingerprint density at radius 2 is 1.88 bits per heavy atom. The van der Waals surface area contributed by atoms with Gasteiger partial charge in [0.2, 0.25) is 5.91 Å². The Morgan fingerprint density at radius 1 is 1.15 bits per heavy atom. The first-order chi connectivity index (χ1) is 16.3. The van der Waals surface area contributed by atoms with E-state index < -0.39 is 6.04 Å². The Kier molecular flexibility index (Phi) is 5.48. The number of carbonyl (C=O) groups is 2. The SMILES string of the molecule is Cc1cc(NC(=O)CN2c3ccccc3NC3=C(C(=O)CC(C)(C)C3)[C@H]2c2ccccc2)no1. The van der Waals surface area contributed by atoms with Crippen molar-refractivity contribution in [1.29, 1.82) is 0 Å². The summed E-state index contributed by atoms with van der Waals surface area (Å²) in [5, 5.41) is 10.3. The Labute approximate surface area is 198 Å². The van der Waals surface area contributed by atoms with E-state index in [0.717, 1.165) is 34.6 Å². The normalized spacial score (nSPS) is 19.1. The second-order valence-electron chi connectivity index (χ2n) is 9.79. The van der Waals surface area contributed by atoms with Gasteiger partial charge >= 0.3 is 0 Å². The molecule has 7 heteroatoms. The lowest BCUT2D eigenvalue weighted by Crippen LogP contribution is -2.40. The predicted molar refractivity (Wildman–Crippen MR) is 132 cm³/mol. The molecule has 0 saturated heterocycles. The van der Waals surface area contributed by atoms with Crippen LogP contribution in [-0.2, 0) is 9.59 Å². The van der Waals surface area contributed by atoms with E-state index in [4.69, 9.17) is 4.52 Å². The second kappa shape index (κ2) is 8.48. The lowest BCUT2D eigenvalue weighted by molar-refractivity contribution is -0.119. The highest BCUT2D eigenvalue weighted by Gasteiger charge is 2.41. The monoisotopic (exact) mass is 456 g/mol. The van der Waals surface area contributed by atoms with Crippen molar-refractivity contribution in [1.82, 2.24) is 5.16 Å². The second-order valence-corrected chi connectivity index (χ2v) is 9.79. The molecule has 34 heavy (non-hydrogen) atoms. The average molecular weight is 457 g/mol. The van der Waals surface area contributed by atoms with Crippen LogP contribution in [0.15, 0.2) is 76.5 Å². The smallest absolute Gasteiger partial charge is 0.245 e. The fourth-order valence-corrected chi connectivity index (χ4v) is 4.97. The van der Waals surface area contributed by atoms with Crippen LogP contribution in [0.2, 0.25) is 0 Å². The summed E-state index contributed by atoms with van der Waals surface area (Å²) < 4.78 is 5.09. The molecule has 7 nitrogen and oxygen atoms in total. The molecule has 0 saturated carbocycles. The van der Waals surface area contributed by atoms with Crippen LogP contribution in [0.4, 0.5) is 17.2 Å². The maximum atomic E-state index is 13.6. The molecule has 0 spiro atoms. The molecular weight excluding hydrogens is 428 g/mol. The molecule has 2 aliphatic rings. The molecule has 0 radical (unpaired) electrons. The number of amides is 1. The third kappa shape index (κ3) is 4.21. The fraction of sp³-hybridized carbons (Fsp3) is 0.296. The number of nitrogens with zero attached hydrogens (tertiary/aromatic N) is 2. The van der Waals surface area contributed by atoms with E-state index in [0.29, 0.717) is 18.0 Å². The number of allylic oxidation sites excluding steroid dienone is 1. The van der Waals surface area contributed by atoms with Gasteiger partial charge in [-0.25, -0.2) is 0 Å². The molecule has 0 unspecified atom stereocenters. The Bertz CT molecular complexity index is 1280. The Balaban J connectivity index is 1.63. The van der Waals surface area contributed by atoms with E-state index in [1.54, 1.807) is 13.0 Å². The number of aryl methyl sites for hydroxylation is 1. The van der Waals surface area contributed by atoms with Gasteiger partial charge in [0, 0.05) is 23.8 Å². The third-order valence-electron chi connectivity index (χ3n) is 6.33. The molecule has 3 aromatic rings. The number of fused-ring (bicyclic) bond motifs is 1. The Morgan fingerprint density at radius 3 is 2.62 bits per heavy atom. The number of para-hydroxylation sites is 2. The number of anilines is 3. The molecule has 174 valence electrons. The zero-order valence-electron chi connectivity index (χ0n) is 19.6. The summed E-state index contributed by atoms with van der Waals surface area (Å²) in [6.45, 7) is 6.05. The van der Waals surface area contributed by atoms with E-state index in [9.17, 15) is 9.59 Å². The molecule has 1 atom stereocenters. The van der Waals surface area contributed by atoms with Crippen molar-refractivity contribution in [3.8, 4) is 0 Å². The topological polar surface area (TPSA) is 87.5 Å². The van der Waals surface area contributed by atoms with Gasteiger partial charge in [-0.2, -0.15) is 0 Å². The van der Waals surface area contributed by atoms with Crippen LogP contribution in [0.5, 0.6) is 0 Å². The highest BCUT2D eigenvalue weighted by Crippen LogP contribution is 2.48. The van der Waals surface area contributed by atoms with Crippen LogP contribution >= 0.6 is 0 Å². The van der Waals surface area contributed by atoms with Crippen LogP contribution in [0.1, 0.15) is 44.1 Å². The van der Waals surface area contributed by atoms with Gasteiger partial charge in [-0.3, -0.25) is 9.59 Å².